The van der Waals surface area contributed by atoms with E-state index >= 15 is 0 Å². The van der Waals surface area contributed by atoms with Gasteiger partial charge in [-0.3, -0.25) is 4.52 Å². The zero-order valence-electron chi connectivity index (χ0n) is 9.30. The number of nitrogens with two attached hydrogens (primary N) is 1. The number of hydrogen-bond acceptors (Lipinski definition) is 6. The standard InChI is InChI=1S/C4H11NO3.C4H9O2P/c5-4(1-6,2-7)3-8;1-4(2,3)6-7-5/h6-8H,1-3,5H2;1-3H3. The summed E-state index contributed by atoms with van der Waals surface area (Å²) < 4.78 is 14.3. The predicted molar refractivity (Wildman–Crippen MR) is 56.6 cm³/mol. The first-order chi connectivity index (χ1) is 6.74. The van der Waals surface area contributed by atoms with Crippen molar-refractivity contribution in [3.8, 4) is 0 Å². The van der Waals surface area contributed by atoms with Gasteiger partial charge < -0.3 is 21.1 Å². The van der Waals surface area contributed by atoms with Crippen molar-refractivity contribution >= 4 is 8.69 Å². The van der Waals surface area contributed by atoms with E-state index < -0.39 is 25.4 Å². The summed E-state index contributed by atoms with van der Waals surface area (Å²) >= 11 is 0. The van der Waals surface area contributed by atoms with Gasteiger partial charge in [0.1, 0.15) is 0 Å². The third-order valence-electron chi connectivity index (χ3n) is 1.26. The monoisotopic (exact) mass is 241 g/mol. The minimum Gasteiger partial charge on any atom is -0.394 e. The van der Waals surface area contributed by atoms with Gasteiger partial charge in [0.2, 0.25) is 0 Å². The molecule has 0 aromatic carbocycles. The van der Waals surface area contributed by atoms with Crippen molar-refractivity contribution in [3.63, 3.8) is 0 Å². The van der Waals surface area contributed by atoms with Crippen molar-refractivity contribution in [1.82, 2.24) is 0 Å². The van der Waals surface area contributed by atoms with Gasteiger partial charge in [0.05, 0.1) is 31.0 Å². The van der Waals surface area contributed by atoms with Gasteiger partial charge in [0, 0.05) is 0 Å². The average Bonchev–Trinajstić information content (AvgIpc) is 2.16. The Morgan fingerprint density at radius 2 is 1.47 bits per heavy atom. The molecule has 0 atom stereocenters. The lowest BCUT2D eigenvalue weighted by Gasteiger charge is -2.20. The molecule has 5 N–H and O–H groups in total. The molecule has 0 fully saturated rings. The number of aliphatic hydroxyl groups is 3. The highest BCUT2D eigenvalue weighted by Crippen LogP contribution is 2.13. The molecule has 0 aromatic heterocycles. The van der Waals surface area contributed by atoms with Crippen molar-refractivity contribution in [2.24, 2.45) is 5.73 Å². The molecule has 0 aliphatic carbocycles. The van der Waals surface area contributed by atoms with E-state index in [1.165, 1.54) is 0 Å². The van der Waals surface area contributed by atoms with Gasteiger partial charge in [-0.05, 0) is 20.8 Å². The molecular formula is C8H20NO5P. The third kappa shape index (κ3) is 11.8. The Morgan fingerprint density at radius 1 is 1.13 bits per heavy atom. The molecule has 0 saturated carbocycles. The van der Waals surface area contributed by atoms with Crippen molar-refractivity contribution in [2.45, 2.75) is 31.9 Å². The molecule has 0 aliphatic heterocycles. The van der Waals surface area contributed by atoms with Crippen LogP contribution >= 0.6 is 8.69 Å². The Morgan fingerprint density at radius 3 is 1.47 bits per heavy atom. The SMILES string of the molecule is CC(C)(C)OP=O.NC(CO)(CO)CO. The molecule has 0 aliphatic rings. The lowest BCUT2D eigenvalue weighted by atomic mass is 10.1. The molecule has 15 heavy (non-hydrogen) atoms. The number of rotatable bonds is 4. The zero-order chi connectivity index (χ0) is 12.5. The van der Waals surface area contributed by atoms with Crippen molar-refractivity contribution in [2.75, 3.05) is 19.8 Å². The molecule has 0 amide bonds. The average molecular weight is 241 g/mol. The second-order valence-corrected chi connectivity index (χ2v) is 4.45. The Bertz CT molecular complexity index is 159. The van der Waals surface area contributed by atoms with Crippen LogP contribution in [0, 0.1) is 0 Å². The Balaban J connectivity index is 0. The van der Waals surface area contributed by atoms with Gasteiger partial charge in [-0.2, -0.15) is 0 Å². The van der Waals surface area contributed by atoms with E-state index in [1.54, 1.807) is 0 Å². The zero-order valence-corrected chi connectivity index (χ0v) is 10.2. The second-order valence-electron chi connectivity index (χ2n) is 4.11. The molecule has 0 bridgehead atoms. The van der Waals surface area contributed by atoms with Crippen LogP contribution in [-0.4, -0.2) is 46.3 Å². The van der Waals surface area contributed by atoms with E-state index in [0.29, 0.717) is 0 Å². The molecule has 92 valence electrons. The van der Waals surface area contributed by atoms with E-state index in [1.807, 2.05) is 20.8 Å². The topological polar surface area (TPSA) is 113 Å². The molecule has 0 saturated heterocycles. The van der Waals surface area contributed by atoms with Gasteiger partial charge in [-0.15, -0.1) is 0 Å². The molecule has 0 spiro atoms. The molecule has 0 rings (SSSR count). The lowest BCUT2D eigenvalue weighted by molar-refractivity contribution is 0.0697. The first-order valence-electron chi connectivity index (χ1n) is 4.37. The van der Waals surface area contributed by atoms with E-state index in [4.69, 9.17) is 21.1 Å². The van der Waals surface area contributed by atoms with Crippen LogP contribution in [0.25, 0.3) is 0 Å². The highest BCUT2D eigenvalue weighted by atomic mass is 31.1. The second kappa shape index (κ2) is 8.10. The van der Waals surface area contributed by atoms with Crippen molar-refractivity contribution in [1.29, 1.82) is 0 Å². The maximum absolute atomic E-state index is 9.70. The maximum atomic E-state index is 9.70. The largest absolute Gasteiger partial charge is 0.394 e. The maximum Gasteiger partial charge on any atom is 0.327 e. The summed E-state index contributed by atoms with van der Waals surface area (Å²) in [5.41, 5.74) is 3.66. The summed E-state index contributed by atoms with van der Waals surface area (Å²) in [5.74, 6) is 0. The van der Waals surface area contributed by atoms with Crippen LogP contribution in [0.2, 0.25) is 0 Å². The van der Waals surface area contributed by atoms with E-state index in [2.05, 4.69) is 4.52 Å². The number of hydrogen-bond donors (Lipinski definition) is 4. The highest BCUT2D eigenvalue weighted by molar-refractivity contribution is 7.17. The predicted octanol–water partition coefficient (Wildman–Crippen LogP) is -0.331. The molecule has 0 aromatic rings. The molecule has 6 nitrogen and oxygen atoms in total. The van der Waals surface area contributed by atoms with Crippen molar-refractivity contribution < 1.29 is 24.4 Å². The van der Waals surface area contributed by atoms with Crippen LogP contribution in [0.4, 0.5) is 0 Å². The van der Waals surface area contributed by atoms with Crippen LogP contribution in [0.15, 0.2) is 0 Å². The first kappa shape index (κ1) is 17.3. The van der Waals surface area contributed by atoms with Crippen LogP contribution in [-0.2, 0) is 9.09 Å². The van der Waals surface area contributed by atoms with E-state index in [9.17, 15) is 4.57 Å². The molecule has 0 radical (unpaired) electrons. The fourth-order valence-electron chi connectivity index (χ4n) is 0.262. The molecular weight excluding hydrogens is 221 g/mol. The quantitative estimate of drug-likeness (QED) is 0.501. The van der Waals surface area contributed by atoms with Crippen LogP contribution in [0.1, 0.15) is 20.8 Å². The van der Waals surface area contributed by atoms with Crippen molar-refractivity contribution in [3.05, 3.63) is 0 Å². The van der Waals surface area contributed by atoms with Gasteiger partial charge >= 0.3 is 8.69 Å². The third-order valence-corrected chi connectivity index (χ3v) is 1.88. The van der Waals surface area contributed by atoms with Gasteiger partial charge in [-0.25, -0.2) is 4.57 Å². The summed E-state index contributed by atoms with van der Waals surface area (Å²) in [5, 5.41) is 25.0. The van der Waals surface area contributed by atoms with Gasteiger partial charge in [-0.1, -0.05) is 0 Å². The fraction of sp³-hybridized carbons (Fsp3) is 1.00. The van der Waals surface area contributed by atoms with E-state index in [-0.39, 0.29) is 14.3 Å². The number of aliphatic hydroxyl groups excluding tert-OH is 3. The summed E-state index contributed by atoms with van der Waals surface area (Å²) in [7, 11) is -0.241. The first-order valence-corrected chi connectivity index (χ1v) is 5.10. The molecule has 7 heteroatoms. The normalized spacial score (nSPS) is 12.2. The van der Waals surface area contributed by atoms with Gasteiger partial charge in [0.25, 0.3) is 0 Å². The van der Waals surface area contributed by atoms with Crippen LogP contribution in [0.3, 0.4) is 0 Å². The Kier molecular flexibility index (Phi) is 9.34. The summed E-state index contributed by atoms with van der Waals surface area (Å²) in [6.45, 7) is 4.33. The van der Waals surface area contributed by atoms with E-state index in [0.717, 1.165) is 0 Å². The van der Waals surface area contributed by atoms with Gasteiger partial charge in [0.15, 0.2) is 0 Å². The van der Waals surface area contributed by atoms with Crippen LogP contribution < -0.4 is 5.73 Å². The minimum absolute atomic E-state index is 0.241. The highest BCUT2D eigenvalue weighted by Gasteiger charge is 2.20. The molecule has 0 heterocycles. The molecule has 0 unspecified atom stereocenters. The lowest BCUT2D eigenvalue weighted by Crippen LogP contribution is -2.50. The smallest absolute Gasteiger partial charge is 0.327 e. The summed E-state index contributed by atoms with van der Waals surface area (Å²) in [6, 6.07) is 0. The Labute approximate surface area is 91.3 Å². The summed E-state index contributed by atoms with van der Waals surface area (Å²) in [6.07, 6.45) is 0. The minimum atomic E-state index is -1.21. The fourth-order valence-corrected chi connectivity index (χ4v) is 0.485. The summed E-state index contributed by atoms with van der Waals surface area (Å²) in [4.78, 5) is 0. The Hall–Kier alpha value is -0.100. The van der Waals surface area contributed by atoms with Crippen LogP contribution in [0.5, 0.6) is 0 Å².